The molecule has 0 saturated heterocycles. The van der Waals surface area contributed by atoms with Gasteiger partial charge in [0.05, 0.1) is 0 Å². The molecule has 0 amide bonds. The van der Waals surface area contributed by atoms with E-state index in [0.29, 0.717) is 0 Å². The van der Waals surface area contributed by atoms with E-state index >= 15 is 0 Å². The summed E-state index contributed by atoms with van der Waals surface area (Å²) in [6, 6.07) is 84.1. The molecule has 13 rings (SSSR count). The van der Waals surface area contributed by atoms with Gasteiger partial charge in [-0.3, -0.25) is 0 Å². The van der Waals surface area contributed by atoms with Crippen LogP contribution < -0.4 is 17.7 Å². The van der Waals surface area contributed by atoms with Crippen LogP contribution in [0, 0.1) is 0 Å². The van der Waals surface area contributed by atoms with Crippen molar-refractivity contribution < 1.29 is 0 Å². The van der Waals surface area contributed by atoms with E-state index in [4.69, 9.17) is 9.97 Å². The molecular weight excluding hydrogens is 825 g/mol. The Kier molecular flexibility index (Phi) is 8.05. The summed E-state index contributed by atoms with van der Waals surface area (Å²) < 4.78 is 10.1. The van der Waals surface area contributed by atoms with Gasteiger partial charge >= 0.3 is 315 Å². The Bertz CT molecular complexity index is 3690. The molecule has 63 heavy (non-hydrogen) atoms. The number of nitrogens with zero attached hydrogens (tertiary/aromatic N) is 4. The molecule has 0 fully saturated rings. The summed E-state index contributed by atoms with van der Waals surface area (Å²) in [4.78, 5) is 11.3. The van der Waals surface area contributed by atoms with Crippen LogP contribution in [0.2, 0.25) is 0 Å². The Balaban J connectivity index is 1.10. The fourth-order valence-corrected chi connectivity index (χ4v) is 21.0. The third-order valence-electron chi connectivity index (χ3n) is 13.2. The van der Waals surface area contributed by atoms with Gasteiger partial charge in [0.1, 0.15) is 0 Å². The maximum atomic E-state index is 5.73. The minimum atomic E-state index is -3.71. The van der Waals surface area contributed by atoms with E-state index in [2.05, 4.69) is 240 Å². The Labute approximate surface area is 367 Å². The molecule has 294 valence electrons. The van der Waals surface area contributed by atoms with Crippen molar-refractivity contribution in [3.63, 3.8) is 0 Å². The van der Waals surface area contributed by atoms with E-state index in [-0.39, 0.29) is 0 Å². The molecule has 0 N–H and O–H groups in total. The Hall–Kier alpha value is -7.80. The Morgan fingerprint density at radius 3 is 1.48 bits per heavy atom. The van der Waals surface area contributed by atoms with Crippen molar-refractivity contribution in [1.29, 1.82) is 0 Å². The van der Waals surface area contributed by atoms with E-state index in [9.17, 15) is 0 Å². The number of benzene rings is 9. The zero-order valence-corrected chi connectivity index (χ0v) is 36.3. The van der Waals surface area contributed by atoms with Crippen LogP contribution >= 0.6 is 0 Å². The molecule has 4 nitrogen and oxygen atoms in total. The second-order valence-electron chi connectivity index (χ2n) is 16.5. The summed E-state index contributed by atoms with van der Waals surface area (Å²) in [5, 5.41) is 4.90. The van der Waals surface area contributed by atoms with Crippen LogP contribution in [0.25, 0.3) is 88.8 Å². The normalized spacial score (nSPS) is 12.9. The van der Waals surface area contributed by atoms with E-state index in [1.165, 1.54) is 66.9 Å². The summed E-state index contributed by atoms with van der Waals surface area (Å²) in [7, 11) is 0. The standard InChI is InChI=1S/C58H38GeN4/c1-5-20-39(21-6-1)58-60-56(55-47-32-13-16-33-50(47)59(57(55)61-58,41-23-7-2-8-24-41)42-25-9-3-10-26-42)40-22-19-29-44(36-40)63-52-35-18-15-31-46(52)49-37-53-48(38-54(49)63)45-30-14-17-34-51(45)62(53)43-27-11-4-12-28-43/h1-38H. The van der Waals surface area contributed by atoms with Gasteiger partial charge in [-0.15, -0.1) is 0 Å². The summed E-state index contributed by atoms with van der Waals surface area (Å²) in [6.07, 6.45) is 0. The fraction of sp³-hybridized carbons (Fsp3) is 0. The van der Waals surface area contributed by atoms with Crippen LogP contribution in [-0.2, 0) is 0 Å². The molecule has 9 aromatic carbocycles. The van der Waals surface area contributed by atoms with Crippen molar-refractivity contribution in [2.24, 2.45) is 0 Å². The molecule has 0 bridgehead atoms. The van der Waals surface area contributed by atoms with E-state index in [1.54, 1.807) is 0 Å². The number of hydrogen-bond acceptors (Lipinski definition) is 2. The second-order valence-corrected chi connectivity index (χ2v) is 24.2. The number of para-hydroxylation sites is 3. The number of rotatable bonds is 6. The first kappa shape index (κ1) is 35.9. The topological polar surface area (TPSA) is 35.6 Å². The number of aromatic nitrogens is 4. The average molecular weight is 864 g/mol. The van der Waals surface area contributed by atoms with E-state index in [0.717, 1.165) is 39.6 Å². The fourth-order valence-electron chi connectivity index (χ4n) is 10.6. The van der Waals surface area contributed by atoms with Gasteiger partial charge in [0.15, 0.2) is 0 Å². The monoisotopic (exact) mass is 864 g/mol. The van der Waals surface area contributed by atoms with Crippen LogP contribution in [0.15, 0.2) is 231 Å². The maximum absolute atomic E-state index is 5.73. The zero-order valence-electron chi connectivity index (χ0n) is 34.2. The predicted octanol–water partition coefficient (Wildman–Crippen LogP) is 11.4. The molecule has 0 spiro atoms. The summed E-state index contributed by atoms with van der Waals surface area (Å²) >= 11 is -3.71. The zero-order chi connectivity index (χ0) is 41.5. The second kappa shape index (κ2) is 14.1. The first-order valence-corrected chi connectivity index (χ1v) is 25.8. The van der Waals surface area contributed by atoms with Gasteiger partial charge in [0.25, 0.3) is 0 Å². The van der Waals surface area contributed by atoms with Gasteiger partial charge < -0.3 is 0 Å². The Morgan fingerprint density at radius 2 is 0.841 bits per heavy atom. The number of fused-ring (bicyclic) bond motifs is 9. The van der Waals surface area contributed by atoms with Crippen molar-refractivity contribution in [2.75, 3.05) is 0 Å². The van der Waals surface area contributed by atoms with Gasteiger partial charge in [-0.25, -0.2) is 0 Å². The molecule has 12 aromatic rings. The molecule has 0 unspecified atom stereocenters. The molecule has 4 heterocycles. The van der Waals surface area contributed by atoms with E-state index < -0.39 is 13.3 Å². The van der Waals surface area contributed by atoms with Crippen LogP contribution in [-0.4, -0.2) is 32.4 Å². The van der Waals surface area contributed by atoms with Crippen molar-refractivity contribution in [3.05, 3.63) is 231 Å². The quantitative estimate of drug-likeness (QED) is 0.156. The summed E-state index contributed by atoms with van der Waals surface area (Å²) in [6.45, 7) is 0. The van der Waals surface area contributed by atoms with Gasteiger partial charge in [0, 0.05) is 5.69 Å². The van der Waals surface area contributed by atoms with Crippen LogP contribution in [0.1, 0.15) is 0 Å². The van der Waals surface area contributed by atoms with Crippen LogP contribution in [0.3, 0.4) is 0 Å². The van der Waals surface area contributed by atoms with Crippen LogP contribution in [0.5, 0.6) is 0 Å². The van der Waals surface area contributed by atoms with Crippen molar-refractivity contribution in [3.8, 4) is 45.1 Å². The first-order valence-electron chi connectivity index (χ1n) is 21.6. The molecule has 0 aliphatic carbocycles. The SMILES string of the molecule is c1ccc(-c2nc(-c3cccc(-n4c5ccccc5c5cc6c(cc54)c4ccccc4n6-c4ccccc4)c3)c3[c](n2)[Ge]([c]2ccccc2)([c]2ccccc2)[c]2ccccc2-3)cc1. The summed E-state index contributed by atoms with van der Waals surface area (Å²) in [5.41, 5.74) is 12.4. The average Bonchev–Trinajstić information content (AvgIpc) is 3.98. The molecule has 0 saturated carbocycles. The molecule has 1 aliphatic heterocycles. The van der Waals surface area contributed by atoms with E-state index in [1.807, 2.05) is 0 Å². The predicted molar refractivity (Wildman–Crippen MR) is 264 cm³/mol. The molecule has 5 heteroatoms. The third kappa shape index (κ3) is 5.28. The van der Waals surface area contributed by atoms with Gasteiger partial charge in [-0.05, 0) is 18.2 Å². The molecule has 3 aromatic heterocycles. The molecule has 1 aliphatic rings. The first-order chi connectivity index (χ1) is 31.3. The summed E-state index contributed by atoms with van der Waals surface area (Å²) in [5.74, 6) is 0.749. The molecule has 0 radical (unpaired) electrons. The Morgan fingerprint density at radius 1 is 0.349 bits per heavy atom. The van der Waals surface area contributed by atoms with Crippen molar-refractivity contribution >= 4 is 74.6 Å². The van der Waals surface area contributed by atoms with Crippen molar-refractivity contribution in [1.82, 2.24) is 19.1 Å². The van der Waals surface area contributed by atoms with Crippen LogP contribution in [0.4, 0.5) is 0 Å². The molecular formula is C58H38GeN4. The third-order valence-corrected chi connectivity index (χ3v) is 23.1. The minimum absolute atomic E-state index is 0.749. The van der Waals surface area contributed by atoms with Crippen molar-refractivity contribution in [2.45, 2.75) is 0 Å². The van der Waals surface area contributed by atoms with Gasteiger partial charge in [0.2, 0.25) is 0 Å². The van der Waals surface area contributed by atoms with Gasteiger partial charge in [-0.2, -0.15) is 0 Å². The number of hydrogen-bond donors (Lipinski definition) is 0. The molecule has 0 atom stereocenters. The van der Waals surface area contributed by atoms with Gasteiger partial charge in [-0.1, -0.05) is 30.3 Å².